The Labute approximate surface area is 119 Å². The molecule has 2 nitrogen and oxygen atoms in total. The Hall–Kier alpha value is -0.860. The topological polar surface area (TPSA) is 26.3 Å². The fourth-order valence-corrected chi connectivity index (χ4v) is 3.44. The Morgan fingerprint density at radius 2 is 2.21 bits per heavy atom. The van der Waals surface area contributed by atoms with E-state index in [4.69, 9.17) is 16.3 Å². The highest BCUT2D eigenvalue weighted by Crippen LogP contribution is 2.45. The molecule has 3 rings (SSSR count). The Kier molecular flexibility index (Phi) is 3.40. The minimum absolute atomic E-state index is 0.0189. The summed E-state index contributed by atoms with van der Waals surface area (Å²) < 4.78 is 5.89. The molecule has 1 aromatic rings. The van der Waals surface area contributed by atoms with Crippen molar-refractivity contribution >= 4 is 17.4 Å². The summed E-state index contributed by atoms with van der Waals surface area (Å²) >= 11 is 6.11. The van der Waals surface area contributed by atoms with Gasteiger partial charge in [0.25, 0.3) is 0 Å². The third-order valence-electron chi connectivity index (χ3n) is 4.66. The summed E-state index contributed by atoms with van der Waals surface area (Å²) in [7, 11) is 0. The Morgan fingerprint density at radius 1 is 1.42 bits per heavy atom. The summed E-state index contributed by atoms with van der Waals surface area (Å²) in [5.74, 6) is 0.348. The van der Waals surface area contributed by atoms with Crippen molar-refractivity contribution in [2.75, 3.05) is 6.61 Å². The molecule has 0 radical (unpaired) electrons. The SMILES string of the molecule is Cc1c(Cl)cccc1C(=O)C1CCOC2(CCC2)C1. The van der Waals surface area contributed by atoms with E-state index in [2.05, 4.69) is 0 Å². The van der Waals surface area contributed by atoms with Crippen molar-refractivity contribution in [1.29, 1.82) is 0 Å². The molecule has 1 unspecified atom stereocenters. The van der Waals surface area contributed by atoms with Crippen molar-refractivity contribution in [1.82, 2.24) is 0 Å². The summed E-state index contributed by atoms with van der Waals surface area (Å²) in [5.41, 5.74) is 1.71. The van der Waals surface area contributed by atoms with Crippen LogP contribution in [0.25, 0.3) is 0 Å². The molecular formula is C16H19ClO2. The van der Waals surface area contributed by atoms with E-state index in [-0.39, 0.29) is 17.3 Å². The normalized spacial score (nSPS) is 25.1. The van der Waals surface area contributed by atoms with Crippen LogP contribution in [0.5, 0.6) is 0 Å². The van der Waals surface area contributed by atoms with Gasteiger partial charge in [-0.2, -0.15) is 0 Å². The van der Waals surface area contributed by atoms with E-state index in [0.717, 1.165) is 43.4 Å². The van der Waals surface area contributed by atoms with E-state index in [0.29, 0.717) is 5.02 Å². The largest absolute Gasteiger partial charge is 0.375 e. The van der Waals surface area contributed by atoms with Gasteiger partial charge < -0.3 is 4.74 Å². The maximum atomic E-state index is 12.7. The number of hydrogen-bond donors (Lipinski definition) is 0. The van der Waals surface area contributed by atoms with Crippen LogP contribution < -0.4 is 0 Å². The van der Waals surface area contributed by atoms with Crippen molar-refractivity contribution < 1.29 is 9.53 Å². The number of hydrogen-bond acceptors (Lipinski definition) is 2. The Bertz CT molecular complexity index is 505. The first-order chi connectivity index (χ1) is 9.11. The molecule has 1 spiro atoms. The molecule has 1 saturated heterocycles. The molecule has 1 atom stereocenters. The smallest absolute Gasteiger partial charge is 0.166 e. The van der Waals surface area contributed by atoms with Gasteiger partial charge in [0, 0.05) is 23.1 Å². The average molecular weight is 279 g/mol. The second kappa shape index (κ2) is 4.92. The van der Waals surface area contributed by atoms with E-state index in [1.807, 2.05) is 25.1 Å². The molecule has 0 aromatic heterocycles. The fourth-order valence-electron chi connectivity index (χ4n) is 3.27. The molecule has 1 saturated carbocycles. The summed E-state index contributed by atoms with van der Waals surface area (Å²) in [4.78, 5) is 12.7. The molecule has 2 fully saturated rings. The summed E-state index contributed by atoms with van der Waals surface area (Å²) in [6.07, 6.45) is 5.19. The highest BCUT2D eigenvalue weighted by atomic mass is 35.5. The maximum Gasteiger partial charge on any atom is 0.166 e. The standard InChI is InChI=1S/C16H19ClO2/c1-11-13(4-2-5-14(11)17)15(18)12-6-9-19-16(10-12)7-3-8-16/h2,4-5,12H,3,6-10H2,1H3. The zero-order chi connectivity index (χ0) is 13.5. The molecule has 3 heteroatoms. The number of Topliss-reactive ketones (excluding diaryl/α,β-unsaturated/α-hetero) is 1. The minimum Gasteiger partial charge on any atom is -0.375 e. The van der Waals surface area contributed by atoms with Gasteiger partial charge in [0.15, 0.2) is 5.78 Å². The molecule has 0 amide bonds. The molecule has 1 aromatic carbocycles. The lowest BCUT2D eigenvalue weighted by atomic mass is 9.70. The third-order valence-corrected chi connectivity index (χ3v) is 5.07. The van der Waals surface area contributed by atoms with Crippen LogP contribution in [0.3, 0.4) is 0 Å². The summed E-state index contributed by atoms with van der Waals surface area (Å²) in [5, 5.41) is 0.677. The molecule has 2 aliphatic rings. The van der Waals surface area contributed by atoms with Gasteiger partial charge in [0.2, 0.25) is 0 Å². The number of rotatable bonds is 2. The van der Waals surface area contributed by atoms with Gasteiger partial charge in [-0.05, 0) is 50.7 Å². The van der Waals surface area contributed by atoms with Crippen LogP contribution in [-0.4, -0.2) is 18.0 Å². The Morgan fingerprint density at radius 3 is 2.89 bits per heavy atom. The van der Waals surface area contributed by atoms with Crippen molar-refractivity contribution in [3.63, 3.8) is 0 Å². The monoisotopic (exact) mass is 278 g/mol. The number of halogens is 1. The Balaban J connectivity index is 1.81. The summed E-state index contributed by atoms with van der Waals surface area (Å²) in [6, 6.07) is 5.60. The predicted octanol–water partition coefficient (Wildman–Crippen LogP) is 4.18. The van der Waals surface area contributed by atoms with E-state index in [1.54, 1.807) is 0 Å². The van der Waals surface area contributed by atoms with Gasteiger partial charge in [-0.1, -0.05) is 23.7 Å². The third kappa shape index (κ3) is 2.32. The fraction of sp³-hybridized carbons (Fsp3) is 0.562. The number of carbonyl (C=O) groups excluding carboxylic acids is 1. The van der Waals surface area contributed by atoms with E-state index >= 15 is 0 Å². The van der Waals surface area contributed by atoms with Gasteiger partial charge in [0.1, 0.15) is 0 Å². The van der Waals surface area contributed by atoms with Crippen molar-refractivity contribution in [3.8, 4) is 0 Å². The van der Waals surface area contributed by atoms with Crippen LogP contribution >= 0.6 is 11.6 Å². The van der Waals surface area contributed by atoms with Crippen LogP contribution in [0.4, 0.5) is 0 Å². The van der Waals surface area contributed by atoms with Gasteiger partial charge >= 0.3 is 0 Å². The first kappa shape index (κ1) is 13.1. The molecule has 1 aliphatic heterocycles. The lowest BCUT2D eigenvalue weighted by Gasteiger charge is -2.46. The molecule has 0 N–H and O–H groups in total. The highest BCUT2D eigenvalue weighted by molar-refractivity contribution is 6.31. The number of benzene rings is 1. The van der Waals surface area contributed by atoms with Gasteiger partial charge in [-0.25, -0.2) is 0 Å². The van der Waals surface area contributed by atoms with Crippen LogP contribution in [0.15, 0.2) is 18.2 Å². The van der Waals surface area contributed by atoms with Crippen molar-refractivity contribution in [3.05, 3.63) is 34.3 Å². The lowest BCUT2D eigenvalue weighted by Crippen LogP contribution is -2.47. The highest BCUT2D eigenvalue weighted by Gasteiger charge is 2.44. The van der Waals surface area contributed by atoms with E-state index in [9.17, 15) is 4.79 Å². The van der Waals surface area contributed by atoms with Crippen molar-refractivity contribution in [2.24, 2.45) is 5.92 Å². The molecule has 19 heavy (non-hydrogen) atoms. The second-order valence-corrected chi connectivity index (χ2v) is 6.26. The predicted molar refractivity (Wildman–Crippen MR) is 75.8 cm³/mol. The number of ketones is 1. The first-order valence-electron chi connectivity index (χ1n) is 7.05. The molecule has 0 bridgehead atoms. The van der Waals surface area contributed by atoms with E-state index in [1.165, 1.54) is 6.42 Å². The number of ether oxygens (including phenoxy) is 1. The maximum absolute atomic E-state index is 12.7. The van der Waals surface area contributed by atoms with Crippen LogP contribution in [0.2, 0.25) is 5.02 Å². The summed E-state index contributed by atoms with van der Waals surface area (Å²) in [6.45, 7) is 2.64. The van der Waals surface area contributed by atoms with Gasteiger partial charge in [-0.3, -0.25) is 4.79 Å². The minimum atomic E-state index is 0.0189. The van der Waals surface area contributed by atoms with E-state index < -0.39 is 0 Å². The van der Waals surface area contributed by atoms with Crippen LogP contribution in [0.1, 0.15) is 48.0 Å². The van der Waals surface area contributed by atoms with Crippen LogP contribution in [0, 0.1) is 12.8 Å². The van der Waals surface area contributed by atoms with Gasteiger partial charge in [0.05, 0.1) is 5.60 Å². The molecular weight excluding hydrogens is 260 g/mol. The number of carbonyl (C=O) groups is 1. The molecule has 102 valence electrons. The quantitative estimate of drug-likeness (QED) is 0.759. The molecule has 1 aliphatic carbocycles. The van der Waals surface area contributed by atoms with Gasteiger partial charge in [-0.15, -0.1) is 0 Å². The zero-order valence-electron chi connectivity index (χ0n) is 11.2. The first-order valence-corrected chi connectivity index (χ1v) is 7.42. The molecule has 1 heterocycles. The zero-order valence-corrected chi connectivity index (χ0v) is 12.0. The average Bonchev–Trinajstić information content (AvgIpc) is 2.39. The lowest BCUT2D eigenvalue weighted by molar-refractivity contribution is -0.137. The van der Waals surface area contributed by atoms with Crippen molar-refractivity contribution in [2.45, 2.75) is 44.6 Å². The van der Waals surface area contributed by atoms with Crippen LogP contribution in [-0.2, 0) is 4.74 Å². The second-order valence-electron chi connectivity index (χ2n) is 5.85.